The molecule has 0 aliphatic heterocycles. The highest BCUT2D eigenvalue weighted by Crippen LogP contribution is 2.29. The van der Waals surface area contributed by atoms with E-state index in [2.05, 4.69) is 0 Å². The molecule has 0 saturated carbocycles. The van der Waals surface area contributed by atoms with Crippen molar-refractivity contribution in [1.82, 2.24) is 0 Å². The summed E-state index contributed by atoms with van der Waals surface area (Å²) in [5, 5.41) is 0.904. The van der Waals surface area contributed by atoms with E-state index in [-0.39, 0.29) is 11.4 Å². The van der Waals surface area contributed by atoms with E-state index in [1.165, 1.54) is 23.5 Å². The average molecular weight is 422 g/mol. The highest BCUT2D eigenvalue weighted by molar-refractivity contribution is 7.92. The summed E-state index contributed by atoms with van der Waals surface area (Å²) in [6, 6.07) is 20.2. The van der Waals surface area contributed by atoms with Crippen molar-refractivity contribution in [1.29, 1.82) is 0 Å². The lowest BCUT2D eigenvalue weighted by atomic mass is 10.2. The van der Waals surface area contributed by atoms with Crippen LogP contribution in [0.3, 0.4) is 0 Å². The van der Waals surface area contributed by atoms with E-state index in [0.29, 0.717) is 27.0 Å². The van der Waals surface area contributed by atoms with Gasteiger partial charge in [0.05, 0.1) is 24.2 Å². The molecule has 0 bridgehead atoms. The van der Waals surface area contributed by atoms with Crippen LogP contribution in [-0.2, 0) is 16.6 Å². The molecular formula is C20H17Cl2NO3S. The Morgan fingerprint density at radius 1 is 0.926 bits per heavy atom. The van der Waals surface area contributed by atoms with Gasteiger partial charge < -0.3 is 4.74 Å². The maximum absolute atomic E-state index is 13.3. The monoisotopic (exact) mass is 421 g/mol. The highest BCUT2D eigenvalue weighted by Gasteiger charge is 2.26. The van der Waals surface area contributed by atoms with Crippen LogP contribution in [0.25, 0.3) is 0 Å². The summed E-state index contributed by atoms with van der Waals surface area (Å²) in [6.45, 7) is 0.0778. The van der Waals surface area contributed by atoms with Crippen LogP contribution in [0, 0.1) is 0 Å². The number of rotatable bonds is 6. The second-order valence-electron chi connectivity index (χ2n) is 5.76. The Balaban J connectivity index is 2.06. The first-order valence-corrected chi connectivity index (χ1v) is 10.3. The molecule has 0 aliphatic carbocycles. The predicted molar refractivity (Wildman–Crippen MR) is 109 cm³/mol. The number of halogens is 2. The van der Waals surface area contributed by atoms with Gasteiger partial charge >= 0.3 is 0 Å². The molecule has 0 radical (unpaired) electrons. The molecule has 0 heterocycles. The van der Waals surface area contributed by atoms with Crippen LogP contribution in [0.4, 0.5) is 5.69 Å². The molecule has 140 valence electrons. The number of nitrogens with zero attached hydrogens (tertiary/aromatic N) is 1. The van der Waals surface area contributed by atoms with Crippen molar-refractivity contribution in [2.45, 2.75) is 11.4 Å². The first-order valence-electron chi connectivity index (χ1n) is 8.07. The quantitative estimate of drug-likeness (QED) is 0.535. The van der Waals surface area contributed by atoms with Gasteiger partial charge in [-0.1, -0.05) is 47.5 Å². The SMILES string of the molecule is COc1ccc(S(=O)(=O)N(Cc2ccc(Cl)cc2Cl)c2ccccc2)cc1. The highest BCUT2D eigenvalue weighted by atomic mass is 35.5. The first-order chi connectivity index (χ1) is 12.9. The van der Waals surface area contributed by atoms with E-state index < -0.39 is 10.0 Å². The Kier molecular flexibility index (Phi) is 5.95. The maximum atomic E-state index is 13.3. The minimum atomic E-state index is -3.82. The van der Waals surface area contributed by atoms with Crippen molar-refractivity contribution < 1.29 is 13.2 Å². The minimum Gasteiger partial charge on any atom is -0.497 e. The van der Waals surface area contributed by atoms with Crippen LogP contribution in [0.1, 0.15) is 5.56 Å². The molecule has 7 heteroatoms. The fourth-order valence-electron chi connectivity index (χ4n) is 2.59. The number of hydrogen-bond acceptors (Lipinski definition) is 3. The number of methoxy groups -OCH3 is 1. The van der Waals surface area contributed by atoms with Crippen LogP contribution < -0.4 is 9.04 Å². The van der Waals surface area contributed by atoms with Crippen molar-refractivity contribution in [2.24, 2.45) is 0 Å². The van der Waals surface area contributed by atoms with Gasteiger partial charge in [0.25, 0.3) is 10.0 Å². The number of hydrogen-bond donors (Lipinski definition) is 0. The van der Waals surface area contributed by atoms with Gasteiger partial charge in [-0.25, -0.2) is 8.42 Å². The van der Waals surface area contributed by atoms with E-state index in [4.69, 9.17) is 27.9 Å². The lowest BCUT2D eigenvalue weighted by molar-refractivity contribution is 0.414. The fraction of sp³-hybridized carbons (Fsp3) is 0.100. The Morgan fingerprint density at radius 3 is 2.19 bits per heavy atom. The second kappa shape index (κ2) is 8.21. The van der Waals surface area contributed by atoms with Gasteiger partial charge in [-0.15, -0.1) is 0 Å². The fourth-order valence-corrected chi connectivity index (χ4v) is 4.50. The first kappa shape index (κ1) is 19.5. The zero-order valence-corrected chi connectivity index (χ0v) is 16.8. The number of anilines is 1. The summed E-state index contributed by atoms with van der Waals surface area (Å²) >= 11 is 12.2. The van der Waals surface area contributed by atoms with E-state index in [9.17, 15) is 8.42 Å². The van der Waals surface area contributed by atoms with Gasteiger partial charge in [-0.05, 0) is 54.1 Å². The molecule has 0 aromatic heterocycles. The van der Waals surface area contributed by atoms with Crippen LogP contribution in [0.2, 0.25) is 10.0 Å². The van der Waals surface area contributed by atoms with Gasteiger partial charge in [0.1, 0.15) is 5.75 Å². The molecule has 0 N–H and O–H groups in total. The third kappa shape index (κ3) is 4.38. The number of para-hydroxylation sites is 1. The Bertz CT molecular complexity index is 1020. The summed E-state index contributed by atoms with van der Waals surface area (Å²) in [7, 11) is -2.29. The van der Waals surface area contributed by atoms with Gasteiger partial charge in [-0.2, -0.15) is 0 Å². The Hall–Kier alpha value is -2.21. The topological polar surface area (TPSA) is 46.6 Å². The van der Waals surface area contributed by atoms with E-state index in [0.717, 1.165) is 0 Å². The average Bonchev–Trinajstić information content (AvgIpc) is 2.68. The van der Waals surface area contributed by atoms with Crippen LogP contribution >= 0.6 is 23.2 Å². The van der Waals surface area contributed by atoms with Crippen molar-refractivity contribution >= 4 is 38.9 Å². The second-order valence-corrected chi connectivity index (χ2v) is 8.46. The van der Waals surface area contributed by atoms with Crippen molar-refractivity contribution in [2.75, 3.05) is 11.4 Å². The molecule has 3 aromatic carbocycles. The number of sulfonamides is 1. The molecule has 3 rings (SSSR count). The van der Waals surface area contributed by atoms with Crippen LogP contribution in [0.5, 0.6) is 5.75 Å². The van der Waals surface area contributed by atoms with E-state index in [1.54, 1.807) is 54.6 Å². The van der Waals surface area contributed by atoms with E-state index >= 15 is 0 Å². The summed E-state index contributed by atoms with van der Waals surface area (Å²) in [4.78, 5) is 0.164. The number of benzene rings is 3. The zero-order valence-electron chi connectivity index (χ0n) is 14.5. The molecule has 0 fully saturated rings. The molecule has 0 spiro atoms. The third-order valence-corrected chi connectivity index (χ3v) is 6.40. The normalized spacial score (nSPS) is 11.2. The van der Waals surface area contributed by atoms with Crippen molar-refractivity contribution in [3.8, 4) is 5.75 Å². The van der Waals surface area contributed by atoms with Gasteiger partial charge in [0.2, 0.25) is 0 Å². The van der Waals surface area contributed by atoms with Gasteiger partial charge in [0.15, 0.2) is 0 Å². The molecule has 27 heavy (non-hydrogen) atoms. The van der Waals surface area contributed by atoms with Gasteiger partial charge in [-0.3, -0.25) is 4.31 Å². The summed E-state index contributed by atoms with van der Waals surface area (Å²) in [5.74, 6) is 0.584. The third-order valence-electron chi connectivity index (χ3n) is 4.02. The lowest BCUT2D eigenvalue weighted by Crippen LogP contribution is -2.30. The lowest BCUT2D eigenvalue weighted by Gasteiger charge is -2.25. The van der Waals surface area contributed by atoms with Crippen LogP contribution in [0.15, 0.2) is 77.7 Å². The molecule has 0 aliphatic rings. The Labute approximate surface area is 169 Å². The largest absolute Gasteiger partial charge is 0.497 e. The maximum Gasteiger partial charge on any atom is 0.264 e. The molecule has 0 unspecified atom stereocenters. The molecule has 0 saturated heterocycles. The summed E-state index contributed by atoms with van der Waals surface area (Å²) in [5.41, 5.74) is 1.20. The molecular weight excluding hydrogens is 405 g/mol. The van der Waals surface area contributed by atoms with Gasteiger partial charge in [0, 0.05) is 10.0 Å². The molecule has 4 nitrogen and oxygen atoms in total. The van der Waals surface area contributed by atoms with E-state index in [1.807, 2.05) is 6.07 Å². The number of ether oxygens (including phenoxy) is 1. The summed E-state index contributed by atoms with van der Waals surface area (Å²) < 4.78 is 33.1. The van der Waals surface area contributed by atoms with Crippen molar-refractivity contribution in [3.63, 3.8) is 0 Å². The minimum absolute atomic E-state index is 0.0778. The van der Waals surface area contributed by atoms with Crippen LogP contribution in [-0.4, -0.2) is 15.5 Å². The standard InChI is InChI=1S/C20H17Cl2NO3S/c1-26-18-9-11-19(12-10-18)27(24,25)23(17-5-3-2-4-6-17)14-15-7-8-16(21)13-20(15)22/h2-13H,14H2,1H3. The van der Waals surface area contributed by atoms with Crippen molar-refractivity contribution in [3.05, 3.63) is 88.4 Å². The Morgan fingerprint density at radius 2 is 1.59 bits per heavy atom. The summed E-state index contributed by atoms with van der Waals surface area (Å²) in [6.07, 6.45) is 0. The molecule has 0 amide bonds. The smallest absolute Gasteiger partial charge is 0.264 e. The molecule has 3 aromatic rings. The zero-order chi connectivity index (χ0) is 19.4. The molecule has 0 atom stereocenters. The predicted octanol–water partition coefficient (Wildman–Crippen LogP) is 5.40.